The molecule has 1 aromatic carbocycles. The smallest absolute Gasteiger partial charge is 0.155 e. The number of H-pyrrole nitrogens is 3. The molecule has 0 saturated heterocycles. The van der Waals surface area contributed by atoms with Crippen molar-refractivity contribution in [1.82, 2.24) is 39.9 Å². The van der Waals surface area contributed by atoms with E-state index in [4.69, 9.17) is 0 Å². The van der Waals surface area contributed by atoms with Crippen LogP contribution in [0.1, 0.15) is 5.69 Å². The molecule has 0 fully saturated rings. The molecule has 0 aliphatic heterocycles. The first kappa shape index (κ1) is 15.8. The first-order valence-corrected chi connectivity index (χ1v) is 9.22. The van der Waals surface area contributed by atoms with E-state index >= 15 is 0 Å². The highest BCUT2D eigenvalue weighted by Crippen LogP contribution is 2.32. The average Bonchev–Trinajstić information content (AvgIpc) is 3.51. The lowest BCUT2D eigenvalue weighted by atomic mass is 10.1. The van der Waals surface area contributed by atoms with Crippen molar-refractivity contribution in [1.29, 1.82) is 0 Å². The van der Waals surface area contributed by atoms with E-state index in [2.05, 4.69) is 59.6 Å². The number of imidazole rings is 1. The SMILES string of the molecule is Cc1cn(-c2cccc3[nH]c(-c4n[nH]c5ncc(-c6cn[nH]c6)cc45)cc23)cn1. The summed E-state index contributed by atoms with van der Waals surface area (Å²) in [6.07, 6.45) is 9.31. The number of nitrogens with one attached hydrogen (secondary N) is 3. The predicted molar refractivity (Wildman–Crippen MR) is 111 cm³/mol. The summed E-state index contributed by atoms with van der Waals surface area (Å²) >= 11 is 0. The standard InChI is InChI=1S/C21H16N8/c1-12-10-29(11-23-12)19-4-2-3-17-15(19)6-18(26-17)20-16-5-13(14-8-24-25-9-14)7-22-21(16)28-27-20/h2-11,26H,1H3,(H,24,25)(H,22,27,28). The zero-order valence-corrected chi connectivity index (χ0v) is 15.5. The lowest BCUT2D eigenvalue weighted by Crippen LogP contribution is -1.89. The molecular weight excluding hydrogens is 364 g/mol. The highest BCUT2D eigenvalue weighted by Gasteiger charge is 2.15. The van der Waals surface area contributed by atoms with Crippen molar-refractivity contribution in [2.24, 2.45) is 0 Å². The molecule has 0 bridgehead atoms. The molecule has 6 aromatic rings. The van der Waals surface area contributed by atoms with E-state index in [0.29, 0.717) is 0 Å². The van der Waals surface area contributed by atoms with Gasteiger partial charge in [-0.1, -0.05) is 6.07 Å². The van der Waals surface area contributed by atoms with Crippen LogP contribution in [-0.2, 0) is 0 Å². The number of nitrogens with zero attached hydrogens (tertiary/aromatic N) is 5. The van der Waals surface area contributed by atoms with Gasteiger partial charge in [-0.25, -0.2) is 9.97 Å². The average molecular weight is 380 g/mol. The van der Waals surface area contributed by atoms with Gasteiger partial charge in [0.15, 0.2) is 5.65 Å². The lowest BCUT2D eigenvalue weighted by molar-refractivity contribution is 1.07. The normalized spacial score (nSPS) is 11.6. The summed E-state index contributed by atoms with van der Waals surface area (Å²) in [6, 6.07) is 10.4. The molecule has 0 radical (unpaired) electrons. The third-order valence-corrected chi connectivity index (χ3v) is 5.13. The van der Waals surface area contributed by atoms with Crippen LogP contribution < -0.4 is 0 Å². The second kappa shape index (κ2) is 5.90. The molecule has 0 spiro atoms. The molecule has 0 aliphatic rings. The van der Waals surface area contributed by atoms with Crippen molar-refractivity contribution in [2.75, 3.05) is 0 Å². The van der Waals surface area contributed by atoms with Crippen molar-refractivity contribution < 1.29 is 0 Å². The summed E-state index contributed by atoms with van der Waals surface area (Å²) in [4.78, 5) is 12.4. The zero-order valence-electron chi connectivity index (χ0n) is 15.5. The fourth-order valence-corrected chi connectivity index (χ4v) is 3.72. The molecule has 0 aliphatic carbocycles. The van der Waals surface area contributed by atoms with Crippen LogP contribution in [-0.4, -0.2) is 39.9 Å². The van der Waals surface area contributed by atoms with Gasteiger partial charge in [0, 0.05) is 46.0 Å². The molecule has 8 heteroatoms. The number of benzene rings is 1. The highest BCUT2D eigenvalue weighted by atomic mass is 15.2. The summed E-state index contributed by atoms with van der Waals surface area (Å²) in [5.41, 5.74) is 7.58. The maximum absolute atomic E-state index is 4.53. The fraction of sp³-hybridized carbons (Fsp3) is 0.0476. The van der Waals surface area contributed by atoms with Crippen LogP contribution in [0.3, 0.4) is 0 Å². The van der Waals surface area contributed by atoms with Crippen molar-refractivity contribution in [3.8, 4) is 28.2 Å². The molecule has 29 heavy (non-hydrogen) atoms. The molecule has 5 aromatic heterocycles. The Morgan fingerprint density at radius 2 is 1.97 bits per heavy atom. The van der Waals surface area contributed by atoms with Crippen LogP contribution in [0.2, 0.25) is 0 Å². The summed E-state index contributed by atoms with van der Waals surface area (Å²) in [7, 11) is 0. The molecule has 8 nitrogen and oxygen atoms in total. The van der Waals surface area contributed by atoms with Crippen LogP contribution in [0.4, 0.5) is 0 Å². The number of fused-ring (bicyclic) bond motifs is 2. The first-order chi connectivity index (χ1) is 14.3. The van der Waals surface area contributed by atoms with Crippen LogP contribution in [0, 0.1) is 6.92 Å². The number of rotatable bonds is 3. The minimum Gasteiger partial charge on any atom is -0.353 e. The van der Waals surface area contributed by atoms with E-state index in [0.717, 1.165) is 55.8 Å². The van der Waals surface area contributed by atoms with Crippen molar-refractivity contribution in [3.63, 3.8) is 0 Å². The minimum absolute atomic E-state index is 0.747. The van der Waals surface area contributed by atoms with E-state index in [1.54, 1.807) is 6.20 Å². The quantitative estimate of drug-likeness (QED) is 0.432. The van der Waals surface area contributed by atoms with Crippen molar-refractivity contribution in [2.45, 2.75) is 6.92 Å². The Balaban J connectivity index is 1.53. The largest absolute Gasteiger partial charge is 0.353 e. The Hall–Kier alpha value is -4.20. The van der Waals surface area contributed by atoms with Gasteiger partial charge in [-0.2, -0.15) is 10.2 Å². The molecule has 6 rings (SSSR count). The van der Waals surface area contributed by atoms with Gasteiger partial charge in [0.05, 0.1) is 29.6 Å². The Bertz CT molecular complexity index is 1470. The predicted octanol–water partition coefficient (Wildman–Crippen LogP) is 3.99. The number of aryl methyl sites for hydroxylation is 1. The van der Waals surface area contributed by atoms with Gasteiger partial charge in [-0.15, -0.1) is 0 Å². The second-order valence-corrected chi connectivity index (χ2v) is 7.02. The molecule has 0 atom stereocenters. The topological polar surface area (TPSA) is 104 Å². The van der Waals surface area contributed by atoms with E-state index in [1.165, 1.54) is 0 Å². The molecule has 3 N–H and O–H groups in total. The Morgan fingerprint density at radius 1 is 1.00 bits per heavy atom. The maximum Gasteiger partial charge on any atom is 0.155 e. The van der Waals surface area contributed by atoms with Crippen LogP contribution in [0.5, 0.6) is 0 Å². The molecule has 0 saturated carbocycles. The number of pyridine rings is 1. The summed E-state index contributed by atoms with van der Waals surface area (Å²) in [5, 5.41) is 16.5. The molecule has 5 heterocycles. The van der Waals surface area contributed by atoms with Gasteiger partial charge < -0.3 is 9.55 Å². The number of aromatic nitrogens is 8. The van der Waals surface area contributed by atoms with Gasteiger partial charge in [0.1, 0.15) is 5.69 Å². The van der Waals surface area contributed by atoms with E-state index in [9.17, 15) is 0 Å². The number of hydrogen-bond donors (Lipinski definition) is 3. The minimum atomic E-state index is 0.747. The van der Waals surface area contributed by atoms with Crippen molar-refractivity contribution in [3.05, 3.63) is 67.1 Å². The van der Waals surface area contributed by atoms with Crippen LogP contribution in [0.15, 0.2) is 61.4 Å². The van der Waals surface area contributed by atoms with Gasteiger partial charge in [0.25, 0.3) is 0 Å². The molecule has 0 amide bonds. The zero-order chi connectivity index (χ0) is 19.4. The third-order valence-electron chi connectivity index (χ3n) is 5.13. The van der Waals surface area contributed by atoms with E-state index in [1.807, 2.05) is 42.5 Å². The second-order valence-electron chi connectivity index (χ2n) is 7.02. The van der Waals surface area contributed by atoms with Gasteiger partial charge >= 0.3 is 0 Å². The Kier molecular flexibility index (Phi) is 3.22. The van der Waals surface area contributed by atoms with Crippen molar-refractivity contribution >= 4 is 21.9 Å². The van der Waals surface area contributed by atoms with Gasteiger partial charge in [-0.3, -0.25) is 10.2 Å². The first-order valence-electron chi connectivity index (χ1n) is 9.22. The number of hydrogen-bond acceptors (Lipinski definition) is 4. The Morgan fingerprint density at radius 3 is 2.79 bits per heavy atom. The molecular formula is C21H16N8. The maximum atomic E-state index is 4.53. The molecule has 0 unspecified atom stereocenters. The summed E-state index contributed by atoms with van der Waals surface area (Å²) in [5.74, 6) is 0. The fourth-order valence-electron chi connectivity index (χ4n) is 3.72. The number of aromatic amines is 3. The molecule has 140 valence electrons. The third kappa shape index (κ3) is 2.46. The van der Waals surface area contributed by atoms with Gasteiger partial charge in [-0.05, 0) is 31.2 Å². The lowest BCUT2D eigenvalue weighted by Gasteiger charge is -2.03. The summed E-state index contributed by atoms with van der Waals surface area (Å²) < 4.78 is 2.04. The monoisotopic (exact) mass is 380 g/mol. The van der Waals surface area contributed by atoms with Crippen LogP contribution >= 0.6 is 0 Å². The van der Waals surface area contributed by atoms with E-state index < -0.39 is 0 Å². The summed E-state index contributed by atoms with van der Waals surface area (Å²) in [6.45, 7) is 1.99. The Labute approximate surface area is 164 Å². The van der Waals surface area contributed by atoms with E-state index in [-0.39, 0.29) is 0 Å². The van der Waals surface area contributed by atoms with Crippen LogP contribution in [0.25, 0.3) is 50.1 Å². The highest BCUT2D eigenvalue weighted by molar-refractivity contribution is 5.98. The van der Waals surface area contributed by atoms with Gasteiger partial charge in [0.2, 0.25) is 0 Å².